The summed E-state index contributed by atoms with van der Waals surface area (Å²) in [6.45, 7) is 7.54. The summed E-state index contributed by atoms with van der Waals surface area (Å²) in [7, 11) is 0. The number of benzene rings is 2. The first-order valence-electron chi connectivity index (χ1n) is 15.0. The number of carbonyl (C=O) groups excluding carboxylic acids is 2. The van der Waals surface area contributed by atoms with Crippen LogP contribution in [0.2, 0.25) is 0 Å². The number of carbonyl (C=O) groups is 2. The number of para-hydroxylation sites is 1. The van der Waals surface area contributed by atoms with Crippen molar-refractivity contribution in [1.29, 1.82) is 0 Å². The molecule has 2 aliphatic rings. The fourth-order valence-corrected chi connectivity index (χ4v) is 6.57. The van der Waals surface area contributed by atoms with Gasteiger partial charge in [-0.2, -0.15) is 0 Å². The van der Waals surface area contributed by atoms with Gasteiger partial charge in [-0.25, -0.2) is 4.79 Å². The van der Waals surface area contributed by atoms with E-state index in [2.05, 4.69) is 64.4 Å². The first kappa shape index (κ1) is 28.2. The summed E-state index contributed by atoms with van der Waals surface area (Å²) >= 11 is 0. The molecule has 7 heteroatoms. The van der Waals surface area contributed by atoms with Gasteiger partial charge in [-0.3, -0.25) is 4.79 Å². The Morgan fingerprint density at radius 3 is 2.30 bits per heavy atom. The van der Waals surface area contributed by atoms with E-state index in [1.165, 1.54) is 36.6 Å². The maximum absolute atomic E-state index is 12.5. The first-order chi connectivity index (χ1) is 19.5. The number of amides is 2. The quantitative estimate of drug-likeness (QED) is 0.345. The highest BCUT2D eigenvalue weighted by Gasteiger charge is 2.30. The summed E-state index contributed by atoms with van der Waals surface area (Å²) in [4.78, 5) is 27.2. The zero-order valence-electron chi connectivity index (χ0n) is 24.0. The van der Waals surface area contributed by atoms with Crippen LogP contribution in [0.5, 0.6) is 0 Å². The highest BCUT2D eigenvalue weighted by atomic mass is 16.5. The van der Waals surface area contributed by atoms with Crippen LogP contribution in [0.15, 0.2) is 60.8 Å². The predicted molar refractivity (Wildman–Crippen MR) is 159 cm³/mol. The van der Waals surface area contributed by atoms with E-state index in [1.54, 1.807) is 0 Å². The van der Waals surface area contributed by atoms with Crippen molar-refractivity contribution in [2.45, 2.75) is 77.6 Å². The number of hydrogen-bond acceptors (Lipinski definition) is 4. The van der Waals surface area contributed by atoms with Gasteiger partial charge in [-0.05, 0) is 67.6 Å². The van der Waals surface area contributed by atoms with Gasteiger partial charge in [0.1, 0.15) is 13.2 Å². The van der Waals surface area contributed by atoms with E-state index in [0.717, 1.165) is 54.9 Å². The van der Waals surface area contributed by atoms with E-state index in [0.29, 0.717) is 12.6 Å². The molecule has 40 heavy (non-hydrogen) atoms. The van der Waals surface area contributed by atoms with Gasteiger partial charge in [0.15, 0.2) is 0 Å². The lowest BCUT2D eigenvalue weighted by molar-refractivity contribution is -0.120. The molecule has 1 aliphatic heterocycles. The average Bonchev–Trinajstić information content (AvgIpc) is 3.37. The number of nitrogens with zero attached hydrogens (tertiary/aromatic N) is 2. The lowest BCUT2D eigenvalue weighted by atomic mass is 9.79. The van der Waals surface area contributed by atoms with Gasteiger partial charge in [0.05, 0.1) is 0 Å². The Morgan fingerprint density at radius 2 is 1.57 bits per heavy atom. The average molecular weight is 545 g/mol. The van der Waals surface area contributed by atoms with Crippen LogP contribution in [0.1, 0.15) is 69.5 Å². The van der Waals surface area contributed by atoms with Crippen molar-refractivity contribution >= 4 is 22.9 Å². The standard InChI is InChI=1S/C33H44N4O3/c1-24(2)26-12-14-28(15-13-26)36-18-16-29(17-19-36)37-22-27(30-10-6-7-11-31(30)37)20-34-32(38)21-35-33(39)40-23-25-8-4-3-5-9-25/h3-11,22,24,26,28-29H,12-21,23H2,1-2H3,(H,34,38)(H,35,39)/t26-,28+. The monoisotopic (exact) mass is 544 g/mol. The second kappa shape index (κ2) is 13.4. The van der Waals surface area contributed by atoms with Crippen LogP contribution in [0, 0.1) is 11.8 Å². The maximum Gasteiger partial charge on any atom is 0.407 e. The second-order valence-electron chi connectivity index (χ2n) is 11.9. The third-order valence-electron chi connectivity index (χ3n) is 9.00. The third-order valence-corrected chi connectivity index (χ3v) is 9.00. The van der Waals surface area contributed by atoms with E-state index < -0.39 is 6.09 Å². The Bertz CT molecular complexity index is 1260. The lowest BCUT2D eigenvalue weighted by Crippen LogP contribution is -2.43. The smallest absolute Gasteiger partial charge is 0.407 e. The molecule has 2 heterocycles. The Balaban J connectivity index is 1.11. The van der Waals surface area contributed by atoms with Gasteiger partial charge in [0.25, 0.3) is 0 Å². The van der Waals surface area contributed by atoms with Crippen molar-refractivity contribution in [3.8, 4) is 0 Å². The van der Waals surface area contributed by atoms with Crippen molar-refractivity contribution in [3.63, 3.8) is 0 Å². The van der Waals surface area contributed by atoms with Crippen molar-refractivity contribution in [1.82, 2.24) is 20.1 Å². The van der Waals surface area contributed by atoms with Gasteiger partial charge in [0, 0.05) is 48.8 Å². The third kappa shape index (κ3) is 7.05. The summed E-state index contributed by atoms with van der Waals surface area (Å²) in [5.41, 5.74) is 3.23. The number of ether oxygens (including phenoxy) is 1. The molecule has 2 N–H and O–H groups in total. The van der Waals surface area contributed by atoms with Crippen LogP contribution >= 0.6 is 0 Å². The van der Waals surface area contributed by atoms with E-state index in [-0.39, 0.29) is 19.1 Å². The van der Waals surface area contributed by atoms with Gasteiger partial charge < -0.3 is 24.8 Å². The predicted octanol–water partition coefficient (Wildman–Crippen LogP) is 6.04. The summed E-state index contributed by atoms with van der Waals surface area (Å²) < 4.78 is 7.63. The number of piperidine rings is 1. The molecule has 1 aromatic heterocycles. The van der Waals surface area contributed by atoms with Crippen LogP contribution in [0.25, 0.3) is 10.9 Å². The number of fused-ring (bicyclic) bond motifs is 1. The molecule has 2 aromatic carbocycles. The molecule has 0 atom stereocenters. The van der Waals surface area contributed by atoms with E-state index in [4.69, 9.17) is 4.74 Å². The number of rotatable bonds is 9. The molecule has 214 valence electrons. The first-order valence-corrected chi connectivity index (χ1v) is 15.0. The minimum atomic E-state index is -0.602. The molecule has 7 nitrogen and oxygen atoms in total. The van der Waals surface area contributed by atoms with Crippen molar-refractivity contribution in [2.75, 3.05) is 19.6 Å². The van der Waals surface area contributed by atoms with Crippen LogP contribution in [0.4, 0.5) is 4.79 Å². The Kier molecular flexibility index (Phi) is 9.42. The van der Waals surface area contributed by atoms with E-state index in [9.17, 15) is 9.59 Å². The van der Waals surface area contributed by atoms with Crippen molar-refractivity contribution < 1.29 is 14.3 Å². The fraction of sp³-hybridized carbons (Fsp3) is 0.515. The highest BCUT2D eigenvalue weighted by molar-refractivity contribution is 5.86. The molecule has 1 saturated carbocycles. The van der Waals surface area contributed by atoms with Crippen LogP contribution in [-0.4, -0.2) is 47.1 Å². The molecule has 0 spiro atoms. The number of alkyl carbamates (subject to hydrolysis) is 1. The number of nitrogens with one attached hydrogen (secondary N) is 2. The van der Waals surface area contributed by atoms with Crippen LogP contribution in [-0.2, 0) is 22.7 Å². The Hall–Kier alpha value is -3.32. The van der Waals surface area contributed by atoms with Gasteiger partial charge in [0.2, 0.25) is 5.91 Å². The zero-order chi connectivity index (χ0) is 27.9. The molecule has 2 amide bonds. The molecule has 0 unspecified atom stereocenters. The van der Waals surface area contributed by atoms with Gasteiger partial charge in [-0.1, -0.05) is 62.4 Å². The highest BCUT2D eigenvalue weighted by Crippen LogP contribution is 2.36. The summed E-state index contributed by atoms with van der Waals surface area (Å²) in [6.07, 6.45) is 9.39. The topological polar surface area (TPSA) is 75.6 Å². The number of aromatic nitrogens is 1. The van der Waals surface area contributed by atoms with E-state index >= 15 is 0 Å². The molecular weight excluding hydrogens is 500 g/mol. The minimum absolute atomic E-state index is 0.121. The maximum atomic E-state index is 12.5. The molecule has 1 aliphatic carbocycles. The minimum Gasteiger partial charge on any atom is -0.445 e. The molecule has 3 aromatic rings. The lowest BCUT2D eigenvalue weighted by Gasteiger charge is -2.42. The Morgan fingerprint density at radius 1 is 0.875 bits per heavy atom. The molecule has 0 radical (unpaired) electrons. The number of hydrogen-bond donors (Lipinski definition) is 2. The van der Waals surface area contributed by atoms with Gasteiger partial charge >= 0.3 is 6.09 Å². The summed E-state index contributed by atoms with van der Waals surface area (Å²) in [6, 6.07) is 19.2. The number of likely N-dealkylation sites (tertiary alicyclic amines) is 1. The van der Waals surface area contributed by atoms with E-state index in [1.807, 2.05) is 30.3 Å². The van der Waals surface area contributed by atoms with Crippen LogP contribution in [0.3, 0.4) is 0 Å². The molecule has 2 fully saturated rings. The van der Waals surface area contributed by atoms with Crippen LogP contribution < -0.4 is 10.6 Å². The molecule has 5 rings (SSSR count). The summed E-state index contributed by atoms with van der Waals surface area (Å²) in [5, 5.41) is 6.68. The summed E-state index contributed by atoms with van der Waals surface area (Å²) in [5.74, 6) is 1.47. The largest absolute Gasteiger partial charge is 0.445 e. The zero-order valence-corrected chi connectivity index (χ0v) is 24.0. The molecule has 1 saturated heterocycles. The normalized spacial score (nSPS) is 20.5. The second-order valence-corrected chi connectivity index (χ2v) is 11.9. The van der Waals surface area contributed by atoms with Crippen molar-refractivity contribution in [3.05, 3.63) is 71.9 Å². The Labute approximate surface area is 238 Å². The SMILES string of the molecule is CC(C)[C@H]1CC[C@@H](N2CCC(n3cc(CNC(=O)CNC(=O)OCc4ccccc4)c4ccccc43)CC2)CC1. The van der Waals surface area contributed by atoms with Gasteiger partial charge in [-0.15, -0.1) is 0 Å². The van der Waals surface area contributed by atoms with Crippen molar-refractivity contribution in [2.24, 2.45) is 11.8 Å². The molecule has 0 bridgehead atoms. The fourth-order valence-electron chi connectivity index (χ4n) is 6.57. The molecular formula is C33H44N4O3.